The minimum Gasteiger partial charge on any atom is -0.399 e. The summed E-state index contributed by atoms with van der Waals surface area (Å²) in [6.07, 6.45) is 3.43. The zero-order chi connectivity index (χ0) is 18.2. The molecule has 0 amide bonds. The lowest BCUT2D eigenvalue weighted by Crippen LogP contribution is -2.41. The maximum absolute atomic E-state index is 10.9. The van der Waals surface area contributed by atoms with Crippen molar-refractivity contribution in [2.45, 2.75) is 91.0 Å². The monoisotopic (exact) mass is 332 g/mol. The molecule has 0 radical (unpaired) electrons. The summed E-state index contributed by atoms with van der Waals surface area (Å²) in [6.45, 7) is 14.5. The van der Waals surface area contributed by atoms with Crippen LogP contribution in [0.5, 0.6) is 0 Å². The van der Waals surface area contributed by atoms with E-state index in [0.717, 1.165) is 23.9 Å². The fourth-order valence-corrected chi connectivity index (χ4v) is 3.24. The summed E-state index contributed by atoms with van der Waals surface area (Å²) < 4.78 is 12.5. The van der Waals surface area contributed by atoms with Crippen molar-refractivity contribution in [1.82, 2.24) is 0 Å². The van der Waals surface area contributed by atoms with E-state index in [0.29, 0.717) is 12.8 Å². The minimum absolute atomic E-state index is 0.340. The highest BCUT2D eigenvalue weighted by Gasteiger charge is 2.52. The molecule has 0 aliphatic carbocycles. The molecule has 1 aliphatic heterocycles. The van der Waals surface area contributed by atoms with E-state index >= 15 is 0 Å². The van der Waals surface area contributed by atoms with E-state index in [2.05, 4.69) is 46.8 Å². The molecule has 0 atom stereocenters. The van der Waals surface area contributed by atoms with Crippen LogP contribution in [0.2, 0.25) is 0 Å². The first-order valence-electron chi connectivity index (χ1n) is 9.31. The molecule has 134 valence electrons. The first kappa shape index (κ1) is 19.5. The van der Waals surface area contributed by atoms with Crippen LogP contribution in [0.3, 0.4) is 0 Å². The molecule has 0 saturated carbocycles. The maximum atomic E-state index is 10.9. The fourth-order valence-electron chi connectivity index (χ4n) is 3.24. The van der Waals surface area contributed by atoms with E-state index < -0.39 is 5.60 Å². The van der Waals surface area contributed by atoms with Crippen LogP contribution >= 0.6 is 0 Å². The third-order valence-corrected chi connectivity index (χ3v) is 5.88. The van der Waals surface area contributed by atoms with E-state index in [9.17, 15) is 5.11 Å². The molecule has 1 heterocycles. The van der Waals surface area contributed by atoms with Crippen molar-refractivity contribution in [3.05, 3.63) is 29.3 Å². The lowest BCUT2D eigenvalue weighted by Gasteiger charge is -2.32. The zero-order valence-electron chi connectivity index (χ0n) is 16.4. The smallest absolute Gasteiger partial charge is 0.399 e. The quantitative estimate of drug-likeness (QED) is 0.802. The van der Waals surface area contributed by atoms with Gasteiger partial charge in [-0.25, -0.2) is 0 Å². The molecule has 1 fully saturated rings. The number of aliphatic hydroxyl groups is 1. The van der Waals surface area contributed by atoms with E-state index in [-0.39, 0.29) is 18.3 Å². The van der Waals surface area contributed by atoms with Gasteiger partial charge in [0.2, 0.25) is 0 Å². The summed E-state index contributed by atoms with van der Waals surface area (Å²) in [5.41, 5.74) is 1.87. The molecule has 1 saturated heterocycles. The molecule has 1 aliphatic rings. The molecule has 0 unspecified atom stereocenters. The van der Waals surface area contributed by atoms with Crippen molar-refractivity contribution in [1.29, 1.82) is 0 Å². The number of aryl methyl sites for hydroxylation is 1. The third-order valence-electron chi connectivity index (χ3n) is 5.88. The van der Waals surface area contributed by atoms with Crippen LogP contribution in [0, 0.1) is 0 Å². The Bertz CT molecular complexity index is 560. The Hall–Kier alpha value is -0.835. The van der Waals surface area contributed by atoms with Gasteiger partial charge in [0.1, 0.15) is 0 Å². The molecular weight excluding hydrogens is 299 g/mol. The Balaban J connectivity index is 2.42. The Morgan fingerprint density at radius 2 is 1.54 bits per heavy atom. The zero-order valence-corrected chi connectivity index (χ0v) is 16.4. The minimum atomic E-state index is -0.753. The predicted octanol–water partition coefficient (Wildman–Crippen LogP) is 3.95. The van der Waals surface area contributed by atoms with Gasteiger partial charge >= 0.3 is 7.12 Å². The summed E-state index contributed by atoms with van der Waals surface area (Å²) >= 11 is 0. The molecule has 3 nitrogen and oxygen atoms in total. The molecule has 2 rings (SSSR count). The number of hydrogen-bond acceptors (Lipinski definition) is 3. The molecular formula is C20H33BO3. The van der Waals surface area contributed by atoms with Gasteiger partial charge < -0.3 is 14.4 Å². The van der Waals surface area contributed by atoms with Gasteiger partial charge in [-0.1, -0.05) is 45.4 Å². The second-order valence-corrected chi connectivity index (χ2v) is 7.99. The summed E-state index contributed by atoms with van der Waals surface area (Å²) in [7, 11) is -0.345. The molecule has 0 aromatic heterocycles. The van der Waals surface area contributed by atoms with Crippen molar-refractivity contribution in [3.63, 3.8) is 0 Å². The van der Waals surface area contributed by atoms with Crippen molar-refractivity contribution in [3.8, 4) is 0 Å². The number of benzene rings is 1. The normalized spacial score (nSPS) is 19.8. The fraction of sp³-hybridized carbons (Fsp3) is 0.700. The average Bonchev–Trinajstić information content (AvgIpc) is 2.74. The summed E-state index contributed by atoms with van der Waals surface area (Å²) in [6, 6.07) is 6.27. The lowest BCUT2D eigenvalue weighted by molar-refractivity contribution is 0.00578. The first-order valence-corrected chi connectivity index (χ1v) is 9.31. The SMILES string of the molecule is CCCc1cc(C(O)(CC)CC)ccc1B1OC(C)(C)C(C)(C)O1. The molecule has 1 N–H and O–H groups in total. The van der Waals surface area contributed by atoms with Crippen LogP contribution in [0.15, 0.2) is 18.2 Å². The van der Waals surface area contributed by atoms with E-state index in [1.54, 1.807) is 0 Å². The van der Waals surface area contributed by atoms with Crippen LogP contribution in [0.1, 0.15) is 78.9 Å². The Morgan fingerprint density at radius 1 is 1.00 bits per heavy atom. The Morgan fingerprint density at radius 3 is 2.00 bits per heavy atom. The average molecular weight is 332 g/mol. The number of hydrogen-bond donors (Lipinski definition) is 1. The summed E-state index contributed by atoms with van der Waals surface area (Å²) in [5, 5.41) is 10.9. The highest BCUT2D eigenvalue weighted by atomic mass is 16.7. The first-order chi connectivity index (χ1) is 11.1. The summed E-state index contributed by atoms with van der Waals surface area (Å²) in [5.74, 6) is 0. The van der Waals surface area contributed by atoms with Gasteiger partial charge in [-0.05, 0) is 63.5 Å². The van der Waals surface area contributed by atoms with E-state index in [1.807, 2.05) is 19.9 Å². The van der Waals surface area contributed by atoms with Gasteiger partial charge in [0, 0.05) is 0 Å². The van der Waals surface area contributed by atoms with Crippen molar-refractivity contribution in [2.24, 2.45) is 0 Å². The second-order valence-electron chi connectivity index (χ2n) is 7.99. The van der Waals surface area contributed by atoms with Crippen LogP contribution in [-0.2, 0) is 21.3 Å². The third kappa shape index (κ3) is 3.42. The van der Waals surface area contributed by atoms with Crippen LogP contribution in [0.25, 0.3) is 0 Å². The van der Waals surface area contributed by atoms with Gasteiger partial charge in [-0.2, -0.15) is 0 Å². The molecule has 0 bridgehead atoms. The van der Waals surface area contributed by atoms with E-state index in [1.165, 1.54) is 5.56 Å². The van der Waals surface area contributed by atoms with Crippen molar-refractivity contribution < 1.29 is 14.4 Å². The highest BCUT2D eigenvalue weighted by Crippen LogP contribution is 2.37. The van der Waals surface area contributed by atoms with Gasteiger partial charge in [-0.3, -0.25) is 0 Å². The van der Waals surface area contributed by atoms with Gasteiger partial charge in [-0.15, -0.1) is 0 Å². The molecule has 0 spiro atoms. The standard InChI is InChI=1S/C20H33BO3/c1-8-11-15-14-16(20(22,9-2)10-3)12-13-17(15)21-23-18(4,5)19(6,7)24-21/h12-14,22H,8-11H2,1-7H3. The highest BCUT2D eigenvalue weighted by molar-refractivity contribution is 6.62. The van der Waals surface area contributed by atoms with Crippen molar-refractivity contribution in [2.75, 3.05) is 0 Å². The molecule has 24 heavy (non-hydrogen) atoms. The maximum Gasteiger partial charge on any atom is 0.495 e. The molecule has 1 aromatic carbocycles. The van der Waals surface area contributed by atoms with Crippen LogP contribution in [0.4, 0.5) is 0 Å². The van der Waals surface area contributed by atoms with Gasteiger partial charge in [0.15, 0.2) is 0 Å². The lowest BCUT2D eigenvalue weighted by atomic mass is 9.73. The Labute approximate surface area is 147 Å². The molecule has 1 aromatic rings. The van der Waals surface area contributed by atoms with Crippen LogP contribution < -0.4 is 5.46 Å². The summed E-state index contributed by atoms with van der Waals surface area (Å²) in [4.78, 5) is 0. The molecule has 4 heteroatoms. The van der Waals surface area contributed by atoms with Gasteiger partial charge in [0.25, 0.3) is 0 Å². The van der Waals surface area contributed by atoms with Crippen LogP contribution in [-0.4, -0.2) is 23.4 Å². The number of rotatable bonds is 6. The topological polar surface area (TPSA) is 38.7 Å². The second kappa shape index (κ2) is 6.82. The van der Waals surface area contributed by atoms with Crippen molar-refractivity contribution >= 4 is 12.6 Å². The largest absolute Gasteiger partial charge is 0.495 e. The van der Waals surface area contributed by atoms with Gasteiger partial charge in [0.05, 0.1) is 16.8 Å². The predicted molar refractivity (Wildman–Crippen MR) is 101 cm³/mol. The Kier molecular flexibility index (Phi) is 5.54. The van der Waals surface area contributed by atoms with E-state index in [4.69, 9.17) is 9.31 Å².